The van der Waals surface area contributed by atoms with Crippen LogP contribution in [0.15, 0.2) is 29.3 Å². The maximum absolute atomic E-state index is 12.5. The SMILES string of the molecule is CN=C(NCCC(C)c1ccc(OC)cc1)N1CCN(CC(=O)N2CCOCC2)CC1.I. The number of methoxy groups -OCH3 is 1. The summed E-state index contributed by atoms with van der Waals surface area (Å²) in [6.07, 6.45) is 1.03. The molecule has 1 atom stereocenters. The number of ether oxygens (including phenoxy) is 2. The van der Waals surface area contributed by atoms with E-state index in [1.54, 1.807) is 7.11 Å². The summed E-state index contributed by atoms with van der Waals surface area (Å²) in [5, 5.41) is 3.51. The zero-order valence-corrected chi connectivity index (χ0v) is 21.9. The summed E-state index contributed by atoms with van der Waals surface area (Å²) in [4.78, 5) is 23.4. The lowest BCUT2D eigenvalue weighted by Crippen LogP contribution is -2.55. The first-order valence-corrected chi connectivity index (χ1v) is 11.3. The van der Waals surface area contributed by atoms with Gasteiger partial charge >= 0.3 is 0 Å². The van der Waals surface area contributed by atoms with Crippen molar-refractivity contribution in [2.24, 2.45) is 4.99 Å². The summed E-state index contributed by atoms with van der Waals surface area (Å²) in [6.45, 7) is 9.85. The average molecular weight is 559 g/mol. The van der Waals surface area contributed by atoms with Gasteiger partial charge in [-0.25, -0.2) is 0 Å². The van der Waals surface area contributed by atoms with Crippen molar-refractivity contribution in [2.45, 2.75) is 19.3 Å². The summed E-state index contributed by atoms with van der Waals surface area (Å²) in [7, 11) is 3.53. The van der Waals surface area contributed by atoms with Crippen LogP contribution in [-0.2, 0) is 9.53 Å². The minimum Gasteiger partial charge on any atom is -0.497 e. The molecule has 2 saturated heterocycles. The molecule has 2 heterocycles. The molecule has 1 aromatic carbocycles. The van der Waals surface area contributed by atoms with Crippen molar-refractivity contribution >= 4 is 35.8 Å². The molecule has 1 unspecified atom stereocenters. The van der Waals surface area contributed by atoms with Gasteiger partial charge in [0.25, 0.3) is 0 Å². The van der Waals surface area contributed by atoms with Crippen molar-refractivity contribution in [1.29, 1.82) is 0 Å². The fraction of sp³-hybridized carbons (Fsp3) is 0.652. The maximum Gasteiger partial charge on any atom is 0.236 e. The molecule has 0 radical (unpaired) electrons. The highest BCUT2D eigenvalue weighted by molar-refractivity contribution is 14.0. The van der Waals surface area contributed by atoms with Gasteiger partial charge in [0.1, 0.15) is 5.75 Å². The lowest BCUT2D eigenvalue weighted by molar-refractivity contribution is -0.136. The molecule has 2 fully saturated rings. The van der Waals surface area contributed by atoms with E-state index >= 15 is 0 Å². The van der Waals surface area contributed by atoms with E-state index < -0.39 is 0 Å². The van der Waals surface area contributed by atoms with Gasteiger partial charge in [-0.15, -0.1) is 24.0 Å². The Morgan fingerprint density at radius 1 is 1.09 bits per heavy atom. The summed E-state index contributed by atoms with van der Waals surface area (Å²) in [5.41, 5.74) is 1.32. The van der Waals surface area contributed by atoms with Crippen molar-refractivity contribution in [3.63, 3.8) is 0 Å². The van der Waals surface area contributed by atoms with Crippen LogP contribution in [0.1, 0.15) is 24.8 Å². The molecule has 0 spiro atoms. The van der Waals surface area contributed by atoms with Crippen LogP contribution in [0.25, 0.3) is 0 Å². The van der Waals surface area contributed by atoms with E-state index in [1.807, 2.05) is 24.1 Å². The van der Waals surface area contributed by atoms with Gasteiger partial charge in [0.05, 0.1) is 26.9 Å². The van der Waals surface area contributed by atoms with E-state index in [0.29, 0.717) is 38.8 Å². The molecule has 180 valence electrons. The van der Waals surface area contributed by atoms with Crippen molar-refractivity contribution < 1.29 is 14.3 Å². The first-order valence-electron chi connectivity index (χ1n) is 11.3. The fourth-order valence-electron chi connectivity index (χ4n) is 4.05. The van der Waals surface area contributed by atoms with Crippen LogP contribution in [0, 0.1) is 0 Å². The summed E-state index contributed by atoms with van der Waals surface area (Å²) >= 11 is 0. The Balaban J connectivity index is 0.00000363. The minimum absolute atomic E-state index is 0. The number of carbonyl (C=O) groups is 1. The summed E-state index contributed by atoms with van der Waals surface area (Å²) in [6, 6.07) is 8.30. The molecule has 1 amide bonds. The number of morpholine rings is 1. The summed E-state index contributed by atoms with van der Waals surface area (Å²) in [5.74, 6) is 2.51. The van der Waals surface area contributed by atoms with E-state index in [2.05, 4.69) is 39.2 Å². The molecule has 0 aliphatic carbocycles. The normalized spacial score (nSPS) is 18.7. The number of benzene rings is 1. The topological polar surface area (TPSA) is 69.6 Å². The van der Waals surface area contributed by atoms with Crippen molar-refractivity contribution in [3.05, 3.63) is 29.8 Å². The Morgan fingerprint density at radius 2 is 1.75 bits per heavy atom. The minimum atomic E-state index is 0. The number of nitrogens with zero attached hydrogens (tertiary/aromatic N) is 4. The van der Waals surface area contributed by atoms with E-state index in [0.717, 1.165) is 50.9 Å². The summed E-state index contributed by atoms with van der Waals surface area (Å²) < 4.78 is 10.6. The molecule has 2 aliphatic rings. The predicted molar refractivity (Wildman–Crippen MR) is 138 cm³/mol. The average Bonchev–Trinajstić information content (AvgIpc) is 2.83. The molecule has 3 rings (SSSR count). The zero-order chi connectivity index (χ0) is 22.1. The highest BCUT2D eigenvalue weighted by Crippen LogP contribution is 2.21. The maximum atomic E-state index is 12.5. The smallest absolute Gasteiger partial charge is 0.236 e. The largest absolute Gasteiger partial charge is 0.497 e. The molecule has 32 heavy (non-hydrogen) atoms. The highest BCUT2D eigenvalue weighted by Gasteiger charge is 2.24. The molecule has 1 aromatic rings. The number of rotatable bonds is 7. The number of carbonyl (C=O) groups excluding carboxylic acids is 1. The van der Waals surface area contributed by atoms with Crippen LogP contribution in [-0.4, -0.2) is 106 Å². The lowest BCUT2D eigenvalue weighted by atomic mass is 9.98. The second kappa shape index (κ2) is 13.8. The van der Waals surface area contributed by atoms with Crippen LogP contribution in [0.3, 0.4) is 0 Å². The van der Waals surface area contributed by atoms with Crippen LogP contribution < -0.4 is 10.1 Å². The van der Waals surface area contributed by atoms with Gasteiger partial charge in [-0.3, -0.25) is 14.7 Å². The second-order valence-corrected chi connectivity index (χ2v) is 8.19. The molecule has 1 N–H and O–H groups in total. The monoisotopic (exact) mass is 559 g/mol. The molecular weight excluding hydrogens is 521 g/mol. The van der Waals surface area contributed by atoms with Crippen molar-refractivity contribution in [3.8, 4) is 5.75 Å². The first-order chi connectivity index (χ1) is 15.1. The number of piperazine rings is 1. The Hall–Kier alpha value is -1.59. The van der Waals surface area contributed by atoms with Gasteiger partial charge in [-0.1, -0.05) is 19.1 Å². The molecule has 0 aromatic heterocycles. The Kier molecular flexibility index (Phi) is 11.5. The number of aliphatic imine (C=N–C) groups is 1. The van der Waals surface area contributed by atoms with E-state index in [1.165, 1.54) is 5.56 Å². The Labute approximate surface area is 209 Å². The van der Waals surface area contributed by atoms with Gasteiger partial charge in [0, 0.05) is 52.9 Å². The van der Waals surface area contributed by atoms with E-state index in [4.69, 9.17) is 9.47 Å². The molecule has 2 aliphatic heterocycles. The van der Waals surface area contributed by atoms with Gasteiger partial charge in [0.15, 0.2) is 5.96 Å². The number of hydrogen-bond donors (Lipinski definition) is 1. The van der Waals surface area contributed by atoms with E-state index in [9.17, 15) is 4.79 Å². The van der Waals surface area contributed by atoms with Gasteiger partial charge < -0.3 is 24.6 Å². The van der Waals surface area contributed by atoms with Gasteiger partial charge in [-0.2, -0.15) is 0 Å². The molecular formula is C23H38IN5O3. The molecule has 8 nitrogen and oxygen atoms in total. The standard InChI is InChI=1S/C23H37N5O3.HI/c1-19(20-4-6-21(30-3)7-5-20)8-9-25-23(24-2)28-12-10-26(11-13-28)18-22(29)27-14-16-31-17-15-27;/h4-7,19H,8-18H2,1-3H3,(H,24,25);1H. The van der Waals surface area contributed by atoms with Crippen molar-refractivity contribution in [1.82, 2.24) is 20.0 Å². The first kappa shape index (κ1) is 26.7. The van der Waals surface area contributed by atoms with Gasteiger partial charge in [-0.05, 0) is 30.0 Å². The number of amides is 1. The third kappa shape index (κ3) is 7.77. The van der Waals surface area contributed by atoms with Crippen molar-refractivity contribution in [2.75, 3.05) is 79.7 Å². The number of halogens is 1. The van der Waals surface area contributed by atoms with Crippen LogP contribution in [0.5, 0.6) is 5.75 Å². The lowest BCUT2D eigenvalue weighted by Gasteiger charge is -2.37. The quantitative estimate of drug-likeness (QED) is 0.313. The Morgan fingerprint density at radius 3 is 2.34 bits per heavy atom. The third-order valence-corrected chi connectivity index (χ3v) is 6.15. The fourth-order valence-corrected chi connectivity index (χ4v) is 4.05. The molecule has 9 heteroatoms. The molecule has 0 bridgehead atoms. The van der Waals surface area contributed by atoms with Crippen LogP contribution >= 0.6 is 24.0 Å². The molecule has 0 saturated carbocycles. The van der Waals surface area contributed by atoms with Crippen LogP contribution in [0.2, 0.25) is 0 Å². The second-order valence-electron chi connectivity index (χ2n) is 8.19. The van der Waals surface area contributed by atoms with Crippen LogP contribution in [0.4, 0.5) is 0 Å². The number of guanidine groups is 1. The highest BCUT2D eigenvalue weighted by atomic mass is 127. The van der Waals surface area contributed by atoms with Gasteiger partial charge in [0.2, 0.25) is 5.91 Å². The number of nitrogens with one attached hydrogen (secondary N) is 1. The predicted octanol–water partition coefficient (Wildman–Crippen LogP) is 1.86. The van der Waals surface area contributed by atoms with E-state index in [-0.39, 0.29) is 29.9 Å². The number of hydrogen-bond acceptors (Lipinski definition) is 5. The zero-order valence-electron chi connectivity index (χ0n) is 19.6. The Bertz CT molecular complexity index is 717. The third-order valence-electron chi connectivity index (χ3n) is 6.15.